The molecule has 1 heterocycles. The summed E-state index contributed by atoms with van der Waals surface area (Å²) in [5, 5.41) is 12.1. The molecule has 0 bridgehead atoms. The van der Waals surface area contributed by atoms with Crippen molar-refractivity contribution in [3.8, 4) is 6.07 Å². The lowest BCUT2D eigenvalue weighted by molar-refractivity contribution is 0.427. The third-order valence-corrected chi connectivity index (χ3v) is 1.08. The number of alkyl halides is 1. The maximum Gasteiger partial charge on any atom is 0.109 e. The highest BCUT2D eigenvalue weighted by Crippen LogP contribution is 1.93. The topological polar surface area (TPSA) is 41.6 Å². The summed E-state index contributed by atoms with van der Waals surface area (Å²) in [6.45, 7) is -0.228. The van der Waals surface area contributed by atoms with E-state index in [2.05, 4.69) is 5.10 Å². The zero-order valence-corrected chi connectivity index (χ0v) is 5.29. The van der Waals surface area contributed by atoms with Gasteiger partial charge in [0.25, 0.3) is 0 Å². The van der Waals surface area contributed by atoms with Crippen molar-refractivity contribution in [3.63, 3.8) is 0 Å². The molecule has 3 nitrogen and oxygen atoms in total. The fourth-order valence-corrected chi connectivity index (χ4v) is 0.630. The highest BCUT2D eigenvalue weighted by atomic mass is 19.1. The number of nitriles is 1. The lowest BCUT2D eigenvalue weighted by atomic mass is 10.4. The number of aryl methyl sites for hydroxylation is 1. The van der Waals surface area contributed by atoms with Gasteiger partial charge in [-0.25, -0.2) is 4.39 Å². The van der Waals surface area contributed by atoms with E-state index in [9.17, 15) is 4.39 Å². The standard InChI is InChI=1S/C6H6FN3/c7-1-2-10-5-6(3-8)4-9-10/h4-5H,1-2H2. The Bertz CT molecular complexity index is 248. The first-order valence-electron chi connectivity index (χ1n) is 2.85. The molecular formula is C6H6FN3. The van der Waals surface area contributed by atoms with Crippen molar-refractivity contribution in [2.45, 2.75) is 6.54 Å². The van der Waals surface area contributed by atoms with Gasteiger partial charge in [-0.15, -0.1) is 0 Å². The Kier molecular flexibility index (Phi) is 2.00. The fourth-order valence-electron chi connectivity index (χ4n) is 0.630. The van der Waals surface area contributed by atoms with Crippen LogP contribution in [0.2, 0.25) is 0 Å². The number of halogens is 1. The Labute approximate surface area is 57.7 Å². The van der Waals surface area contributed by atoms with Crippen molar-refractivity contribution < 1.29 is 4.39 Å². The molecule has 0 N–H and O–H groups in total. The van der Waals surface area contributed by atoms with Crippen LogP contribution in [0.1, 0.15) is 5.56 Å². The molecule has 0 aliphatic heterocycles. The minimum atomic E-state index is -0.452. The van der Waals surface area contributed by atoms with Gasteiger partial charge in [0.05, 0.1) is 18.3 Å². The van der Waals surface area contributed by atoms with Crippen LogP contribution in [0.15, 0.2) is 12.4 Å². The van der Waals surface area contributed by atoms with Crippen LogP contribution >= 0.6 is 0 Å². The van der Waals surface area contributed by atoms with Crippen molar-refractivity contribution in [1.82, 2.24) is 9.78 Å². The molecule has 0 aliphatic carbocycles. The second kappa shape index (κ2) is 2.97. The maximum absolute atomic E-state index is 11.6. The first-order chi connectivity index (χ1) is 4.86. The smallest absolute Gasteiger partial charge is 0.109 e. The molecule has 10 heavy (non-hydrogen) atoms. The van der Waals surface area contributed by atoms with Crippen molar-refractivity contribution >= 4 is 0 Å². The zero-order valence-electron chi connectivity index (χ0n) is 5.29. The third kappa shape index (κ3) is 1.32. The van der Waals surface area contributed by atoms with Crippen LogP contribution in [0.5, 0.6) is 0 Å². The molecule has 1 rings (SSSR count). The summed E-state index contributed by atoms with van der Waals surface area (Å²) < 4.78 is 13.0. The van der Waals surface area contributed by atoms with E-state index in [-0.39, 0.29) is 6.54 Å². The Morgan fingerprint density at radius 1 is 1.80 bits per heavy atom. The quantitative estimate of drug-likeness (QED) is 0.605. The lowest BCUT2D eigenvalue weighted by Gasteiger charge is -1.91. The second-order valence-electron chi connectivity index (χ2n) is 1.79. The van der Waals surface area contributed by atoms with Crippen LogP contribution in [-0.2, 0) is 6.54 Å². The van der Waals surface area contributed by atoms with Crippen molar-refractivity contribution in [2.24, 2.45) is 0 Å². The molecule has 0 unspecified atom stereocenters. The number of hydrogen-bond donors (Lipinski definition) is 0. The van der Waals surface area contributed by atoms with Crippen molar-refractivity contribution in [1.29, 1.82) is 5.26 Å². The summed E-state index contributed by atoms with van der Waals surface area (Å²) in [5.74, 6) is 0. The minimum absolute atomic E-state index is 0.224. The fraction of sp³-hybridized carbons (Fsp3) is 0.333. The number of hydrogen-bond acceptors (Lipinski definition) is 2. The molecule has 0 atom stereocenters. The summed E-state index contributed by atoms with van der Waals surface area (Å²) in [6.07, 6.45) is 2.93. The van der Waals surface area contributed by atoms with E-state index in [0.717, 1.165) is 0 Å². The van der Waals surface area contributed by atoms with Crippen LogP contribution < -0.4 is 0 Å². The van der Waals surface area contributed by atoms with Gasteiger partial charge in [0.2, 0.25) is 0 Å². The van der Waals surface area contributed by atoms with Gasteiger partial charge in [-0.3, -0.25) is 4.68 Å². The van der Waals surface area contributed by atoms with Gasteiger partial charge in [0, 0.05) is 6.20 Å². The van der Waals surface area contributed by atoms with E-state index >= 15 is 0 Å². The van der Waals surface area contributed by atoms with E-state index in [1.807, 2.05) is 6.07 Å². The first kappa shape index (κ1) is 6.75. The van der Waals surface area contributed by atoms with Crippen LogP contribution in [0, 0.1) is 11.3 Å². The lowest BCUT2D eigenvalue weighted by Crippen LogP contribution is -1.98. The monoisotopic (exact) mass is 139 g/mol. The summed E-state index contributed by atoms with van der Waals surface area (Å²) in [4.78, 5) is 0. The molecule has 1 aromatic rings. The number of rotatable bonds is 2. The molecule has 0 saturated carbocycles. The number of aromatic nitrogens is 2. The summed E-state index contributed by atoms with van der Waals surface area (Å²) in [7, 11) is 0. The first-order valence-corrected chi connectivity index (χ1v) is 2.85. The molecule has 52 valence electrons. The highest BCUT2D eigenvalue weighted by Gasteiger charge is 1.94. The molecule has 0 aromatic carbocycles. The Morgan fingerprint density at radius 3 is 3.10 bits per heavy atom. The molecule has 0 amide bonds. The molecule has 0 aliphatic rings. The Morgan fingerprint density at radius 2 is 2.60 bits per heavy atom. The summed E-state index contributed by atoms with van der Waals surface area (Å²) in [5.41, 5.74) is 0.466. The van der Waals surface area contributed by atoms with Crippen LogP contribution in [0.3, 0.4) is 0 Å². The van der Waals surface area contributed by atoms with Gasteiger partial charge in [-0.2, -0.15) is 10.4 Å². The predicted octanol–water partition coefficient (Wildman–Crippen LogP) is 0.724. The molecule has 0 fully saturated rings. The van der Waals surface area contributed by atoms with E-state index in [1.165, 1.54) is 17.1 Å². The van der Waals surface area contributed by atoms with Gasteiger partial charge in [-0.05, 0) is 0 Å². The molecule has 4 heteroatoms. The highest BCUT2D eigenvalue weighted by molar-refractivity contribution is 5.21. The van der Waals surface area contributed by atoms with Gasteiger partial charge in [0.1, 0.15) is 12.7 Å². The minimum Gasteiger partial charge on any atom is -0.269 e. The summed E-state index contributed by atoms with van der Waals surface area (Å²) in [6, 6.07) is 1.90. The van der Waals surface area contributed by atoms with Gasteiger partial charge in [0.15, 0.2) is 0 Å². The second-order valence-corrected chi connectivity index (χ2v) is 1.79. The van der Waals surface area contributed by atoms with E-state index in [1.54, 1.807) is 0 Å². The Balaban J connectivity index is 2.71. The molecular weight excluding hydrogens is 133 g/mol. The summed E-state index contributed by atoms with van der Waals surface area (Å²) >= 11 is 0. The largest absolute Gasteiger partial charge is 0.269 e. The average Bonchev–Trinajstić information content (AvgIpc) is 2.37. The molecule has 0 saturated heterocycles. The zero-order chi connectivity index (χ0) is 7.40. The number of nitrogens with zero attached hydrogens (tertiary/aromatic N) is 3. The van der Waals surface area contributed by atoms with Crippen molar-refractivity contribution in [3.05, 3.63) is 18.0 Å². The molecule has 1 aromatic heterocycles. The molecule has 0 radical (unpaired) electrons. The molecule has 0 spiro atoms. The van der Waals surface area contributed by atoms with Crippen molar-refractivity contribution in [2.75, 3.05) is 6.67 Å². The van der Waals surface area contributed by atoms with E-state index in [0.29, 0.717) is 5.56 Å². The third-order valence-electron chi connectivity index (χ3n) is 1.08. The normalized spacial score (nSPS) is 9.20. The van der Waals surface area contributed by atoms with E-state index in [4.69, 9.17) is 5.26 Å². The van der Waals surface area contributed by atoms with Gasteiger partial charge in [-0.1, -0.05) is 0 Å². The van der Waals surface area contributed by atoms with Gasteiger partial charge >= 0.3 is 0 Å². The maximum atomic E-state index is 11.6. The predicted molar refractivity (Wildman–Crippen MR) is 32.9 cm³/mol. The SMILES string of the molecule is N#Cc1cnn(CCF)c1. The van der Waals surface area contributed by atoms with Crippen LogP contribution in [-0.4, -0.2) is 16.5 Å². The van der Waals surface area contributed by atoms with E-state index < -0.39 is 6.67 Å². The van der Waals surface area contributed by atoms with Gasteiger partial charge < -0.3 is 0 Å². The van der Waals surface area contributed by atoms with Crippen LogP contribution in [0.25, 0.3) is 0 Å². The Hall–Kier alpha value is -1.37. The van der Waals surface area contributed by atoms with Crippen LogP contribution in [0.4, 0.5) is 4.39 Å². The average molecular weight is 139 g/mol.